The number of benzene rings is 2. The van der Waals surface area contributed by atoms with Crippen molar-refractivity contribution in [2.24, 2.45) is 9.98 Å². The predicted molar refractivity (Wildman–Crippen MR) is 116 cm³/mol. The molecule has 2 rings (SSSR count). The summed E-state index contributed by atoms with van der Waals surface area (Å²) in [7, 11) is 0. The van der Waals surface area contributed by atoms with Gasteiger partial charge in [0.25, 0.3) is 0 Å². The molecule has 0 saturated heterocycles. The van der Waals surface area contributed by atoms with Crippen LogP contribution in [0.25, 0.3) is 0 Å². The number of nitrogens with zero attached hydrogens (tertiary/aromatic N) is 2. The molecule has 3 heteroatoms. The molecule has 2 aromatic rings. The Kier molecular flexibility index (Phi) is 10.4. The molecule has 0 aliphatic carbocycles. The summed E-state index contributed by atoms with van der Waals surface area (Å²) in [6, 6.07) is 12.7. The Morgan fingerprint density at radius 2 is 1.37 bits per heavy atom. The molecule has 0 aliphatic rings. The Morgan fingerprint density at radius 3 is 1.96 bits per heavy atom. The molecule has 0 radical (unpaired) electrons. The molecule has 0 aliphatic heterocycles. The predicted octanol–water partition coefficient (Wildman–Crippen LogP) is 7.36. The van der Waals surface area contributed by atoms with Crippen LogP contribution in [0.3, 0.4) is 0 Å². The summed E-state index contributed by atoms with van der Waals surface area (Å²) in [4.78, 5) is 9.57. The first-order valence-electron chi connectivity index (χ1n) is 9.75. The largest absolute Gasteiger partial charge is 0.255 e. The molecule has 0 atom stereocenters. The van der Waals surface area contributed by atoms with Crippen LogP contribution in [0.2, 0.25) is 0 Å². The Morgan fingerprint density at radius 1 is 0.778 bits per heavy atom. The maximum absolute atomic E-state index is 4.88. The molecule has 0 amide bonds. The van der Waals surface area contributed by atoms with Gasteiger partial charge in [-0.1, -0.05) is 38.3 Å². The van der Waals surface area contributed by atoms with Crippen molar-refractivity contribution in [3.63, 3.8) is 0 Å². The summed E-state index contributed by atoms with van der Waals surface area (Å²) in [6.07, 6.45) is 7.87. The molecule has 0 bridgehead atoms. The fourth-order valence-corrected chi connectivity index (χ4v) is 2.80. The van der Waals surface area contributed by atoms with E-state index in [2.05, 4.69) is 76.0 Å². The van der Waals surface area contributed by atoms with Crippen molar-refractivity contribution in [3.05, 3.63) is 58.7 Å². The zero-order valence-corrected chi connectivity index (χ0v) is 18.8. The van der Waals surface area contributed by atoms with E-state index in [1.807, 2.05) is 6.21 Å². The number of unbranched alkanes of at least 4 members (excludes halogenated alkanes) is 3. The van der Waals surface area contributed by atoms with Gasteiger partial charge in [0.15, 0.2) is 0 Å². The van der Waals surface area contributed by atoms with E-state index in [0.717, 1.165) is 29.9 Å². The zero-order chi connectivity index (χ0) is 18.9. The fraction of sp³-hybridized carbons (Fsp3) is 0.417. The molecule has 2 nitrogen and oxygen atoms in total. The van der Waals surface area contributed by atoms with Crippen molar-refractivity contribution in [2.45, 2.75) is 66.7 Å². The standard InChI is InChI=1S/C24H32N2.Pd/c1-6-7-8-9-10-24(26-23-14-12-19(3)21(5)16-23)17-25-22-13-11-18(2)20(4)15-22;/h11-17H,6-10H2,1-5H3;. The second kappa shape index (κ2) is 12.0. The fourth-order valence-electron chi connectivity index (χ4n) is 2.80. The van der Waals surface area contributed by atoms with Gasteiger partial charge in [0, 0.05) is 26.6 Å². The van der Waals surface area contributed by atoms with Gasteiger partial charge in [-0.15, -0.1) is 0 Å². The van der Waals surface area contributed by atoms with Gasteiger partial charge < -0.3 is 0 Å². The molecule has 0 heterocycles. The summed E-state index contributed by atoms with van der Waals surface area (Å²) in [5.41, 5.74) is 8.23. The molecule has 0 N–H and O–H groups in total. The van der Waals surface area contributed by atoms with Crippen molar-refractivity contribution < 1.29 is 20.4 Å². The van der Waals surface area contributed by atoms with E-state index in [-0.39, 0.29) is 20.4 Å². The second-order valence-electron chi connectivity index (χ2n) is 7.21. The average Bonchev–Trinajstić information content (AvgIpc) is 2.62. The van der Waals surface area contributed by atoms with Crippen molar-refractivity contribution in [1.82, 2.24) is 0 Å². The van der Waals surface area contributed by atoms with Crippen molar-refractivity contribution >= 4 is 23.3 Å². The van der Waals surface area contributed by atoms with Crippen LogP contribution in [0.1, 0.15) is 61.3 Å². The van der Waals surface area contributed by atoms with Crippen LogP contribution in [-0.4, -0.2) is 11.9 Å². The minimum Gasteiger partial charge on any atom is -0.255 e. The van der Waals surface area contributed by atoms with Gasteiger partial charge in [0.2, 0.25) is 0 Å². The van der Waals surface area contributed by atoms with Crippen LogP contribution >= 0.6 is 0 Å². The number of hydrogen-bond donors (Lipinski definition) is 0. The third kappa shape index (κ3) is 7.91. The minimum atomic E-state index is 0. The summed E-state index contributed by atoms with van der Waals surface area (Å²) in [5, 5.41) is 0. The quantitative estimate of drug-likeness (QED) is 0.226. The van der Waals surface area contributed by atoms with E-state index >= 15 is 0 Å². The zero-order valence-electron chi connectivity index (χ0n) is 17.3. The van der Waals surface area contributed by atoms with Crippen molar-refractivity contribution in [1.29, 1.82) is 0 Å². The topological polar surface area (TPSA) is 24.7 Å². The van der Waals surface area contributed by atoms with Crippen LogP contribution in [-0.2, 0) is 20.4 Å². The third-order valence-corrected chi connectivity index (χ3v) is 4.90. The van der Waals surface area contributed by atoms with Gasteiger partial charge in [0.1, 0.15) is 0 Å². The summed E-state index contributed by atoms with van der Waals surface area (Å²) >= 11 is 0. The molecule has 148 valence electrons. The van der Waals surface area contributed by atoms with Gasteiger partial charge in [-0.2, -0.15) is 0 Å². The maximum Gasteiger partial charge on any atom is 0.0636 e. The Balaban J connectivity index is 0.00000364. The molecular formula is C24H32N2Pd. The SMILES string of the molecule is CCCCCCC(C=Nc1ccc(C)c(C)c1)=Nc1ccc(C)c(C)c1.[Pd]. The summed E-state index contributed by atoms with van der Waals surface area (Å²) in [6.45, 7) is 10.8. The van der Waals surface area contributed by atoms with Crippen LogP contribution in [0.4, 0.5) is 11.4 Å². The number of aliphatic imine (C=N–C) groups is 2. The average molecular weight is 455 g/mol. The first-order valence-corrected chi connectivity index (χ1v) is 9.75. The van der Waals surface area contributed by atoms with Gasteiger partial charge in [-0.05, 0) is 87.1 Å². The Hall–Kier alpha value is -1.56. The maximum atomic E-state index is 4.88. The summed E-state index contributed by atoms with van der Waals surface area (Å²) < 4.78 is 0. The third-order valence-electron chi connectivity index (χ3n) is 4.90. The van der Waals surface area contributed by atoms with Gasteiger partial charge >= 0.3 is 0 Å². The van der Waals surface area contributed by atoms with E-state index in [9.17, 15) is 0 Å². The molecule has 0 unspecified atom stereocenters. The van der Waals surface area contributed by atoms with Crippen LogP contribution in [0.15, 0.2) is 46.4 Å². The summed E-state index contributed by atoms with van der Waals surface area (Å²) in [5.74, 6) is 0. The van der Waals surface area contributed by atoms with E-state index in [1.165, 1.54) is 41.5 Å². The van der Waals surface area contributed by atoms with E-state index in [1.54, 1.807) is 0 Å². The second-order valence-corrected chi connectivity index (χ2v) is 7.21. The molecule has 0 aromatic heterocycles. The van der Waals surface area contributed by atoms with Crippen LogP contribution in [0.5, 0.6) is 0 Å². The molecular weight excluding hydrogens is 423 g/mol. The number of aryl methyl sites for hydroxylation is 4. The van der Waals surface area contributed by atoms with Crippen molar-refractivity contribution in [3.8, 4) is 0 Å². The minimum absolute atomic E-state index is 0. The first kappa shape index (κ1) is 23.5. The smallest absolute Gasteiger partial charge is 0.0636 e. The van der Waals surface area contributed by atoms with Crippen LogP contribution in [0, 0.1) is 27.7 Å². The van der Waals surface area contributed by atoms with E-state index in [0.29, 0.717) is 0 Å². The number of hydrogen-bond acceptors (Lipinski definition) is 2. The normalized spacial score (nSPS) is 11.7. The monoisotopic (exact) mass is 454 g/mol. The van der Waals surface area contributed by atoms with Gasteiger partial charge in [0.05, 0.1) is 17.1 Å². The molecule has 2 aromatic carbocycles. The van der Waals surface area contributed by atoms with Crippen molar-refractivity contribution in [2.75, 3.05) is 0 Å². The molecule has 0 spiro atoms. The first-order chi connectivity index (χ1) is 12.5. The molecule has 27 heavy (non-hydrogen) atoms. The molecule has 0 fully saturated rings. The Bertz CT molecular complexity index is 791. The van der Waals surface area contributed by atoms with Gasteiger partial charge in [-0.25, -0.2) is 0 Å². The molecule has 0 saturated carbocycles. The van der Waals surface area contributed by atoms with Gasteiger partial charge in [-0.3, -0.25) is 9.98 Å². The van der Waals surface area contributed by atoms with E-state index < -0.39 is 0 Å². The van der Waals surface area contributed by atoms with E-state index in [4.69, 9.17) is 4.99 Å². The number of rotatable bonds is 8. The van der Waals surface area contributed by atoms with Crippen LogP contribution < -0.4 is 0 Å². The Labute approximate surface area is 178 Å².